The predicted octanol–water partition coefficient (Wildman–Crippen LogP) is 5.43. The number of halogens is 3. The fourth-order valence-corrected chi connectivity index (χ4v) is 3.47. The van der Waals surface area contributed by atoms with E-state index in [0.29, 0.717) is 5.56 Å². The average molecular weight is 488 g/mol. The van der Waals surface area contributed by atoms with E-state index >= 15 is 0 Å². The van der Waals surface area contributed by atoms with Crippen LogP contribution in [0, 0.1) is 0 Å². The molecule has 0 fully saturated rings. The molecule has 2 aromatic carbocycles. The van der Waals surface area contributed by atoms with E-state index in [4.69, 9.17) is 9.90 Å². The molecule has 0 unspecified atom stereocenters. The summed E-state index contributed by atoms with van der Waals surface area (Å²) >= 11 is 1.70. The van der Waals surface area contributed by atoms with Gasteiger partial charge in [0.25, 0.3) is 5.91 Å². The molecule has 0 radical (unpaired) electrons. The van der Waals surface area contributed by atoms with Crippen molar-refractivity contribution in [2.75, 3.05) is 10.6 Å². The van der Waals surface area contributed by atoms with Crippen molar-refractivity contribution in [3.05, 3.63) is 95.2 Å². The number of hydrogen-bond donors (Lipinski definition) is 3. The highest BCUT2D eigenvalue weighted by atomic mass is 32.1. The van der Waals surface area contributed by atoms with Crippen molar-refractivity contribution >= 4 is 34.6 Å². The number of aliphatic carboxylic acids is 1. The normalized spacial score (nSPS) is 10.7. The van der Waals surface area contributed by atoms with Gasteiger partial charge in [-0.2, -0.15) is 13.2 Å². The Hall–Kier alpha value is -4.12. The van der Waals surface area contributed by atoms with Crippen LogP contribution in [0.4, 0.5) is 24.5 Å². The number of benzene rings is 2. The molecule has 0 saturated carbocycles. The van der Waals surface area contributed by atoms with Crippen LogP contribution in [0.25, 0.3) is 5.69 Å². The number of thiophene rings is 1. The summed E-state index contributed by atoms with van der Waals surface area (Å²) in [5, 5.41) is 15.5. The maximum Gasteiger partial charge on any atom is 0.490 e. The summed E-state index contributed by atoms with van der Waals surface area (Å²) in [6.07, 6.45) is 0.405. The van der Waals surface area contributed by atoms with Crippen LogP contribution in [0.3, 0.4) is 0 Å². The summed E-state index contributed by atoms with van der Waals surface area (Å²) in [5.41, 5.74) is 3.50. The zero-order valence-corrected chi connectivity index (χ0v) is 18.3. The quantitative estimate of drug-likeness (QED) is 0.336. The maximum atomic E-state index is 12.3. The lowest BCUT2D eigenvalue weighted by molar-refractivity contribution is -0.192. The summed E-state index contributed by atoms with van der Waals surface area (Å²) in [7, 11) is 0. The molecule has 7 nitrogen and oxygen atoms in total. The van der Waals surface area contributed by atoms with E-state index in [2.05, 4.69) is 27.1 Å². The number of aromatic nitrogens is 2. The van der Waals surface area contributed by atoms with Crippen molar-refractivity contribution in [3.8, 4) is 5.69 Å². The van der Waals surface area contributed by atoms with Gasteiger partial charge >= 0.3 is 12.1 Å². The molecule has 2 heterocycles. The lowest BCUT2D eigenvalue weighted by Gasteiger charge is -2.07. The summed E-state index contributed by atoms with van der Waals surface area (Å²) < 4.78 is 33.7. The Morgan fingerprint density at radius 1 is 1.03 bits per heavy atom. The fourth-order valence-electron chi connectivity index (χ4n) is 2.66. The molecule has 0 spiro atoms. The number of rotatable bonds is 6. The zero-order chi connectivity index (χ0) is 24.6. The maximum absolute atomic E-state index is 12.3. The number of nitrogens with one attached hydrogen (secondary N) is 2. The number of carbonyl (C=O) groups excluding carboxylic acids is 1. The van der Waals surface area contributed by atoms with E-state index in [9.17, 15) is 18.0 Å². The van der Waals surface area contributed by atoms with Crippen molar-refractivity contribution in [1.82, 2.24) is 9.55 Å². The lowest BCUT2D eigenvalue weighted by atomic mass is 10.2. The van der Waals surface area contributed by atoms with Crippen molar-refractivity contribution in [2.24, 2.45) is 0 Å². The summed E-state index contributed by atoms with van der Waals surface area (Å²) in [5.74, 6) is -2.87. The van der Waals surface area contributed by atoms with Crippen LogP contribution >= 0.6 is 11.3 Å². The van der Waals surface area contributed by atoms with Gasteiger partial charge in [0.15, 0.2) is 0 Å². The minimum atomic E-state index is -5.08. The van der Waals surface area contributed by atoms with Crippen LogP contribution in [0.5, 0.6) is 0 Å². The smallest absolute Gasteiger partial charge is 0.475 e. The van der Waals surface area contributed by atoms with Crippen molar-refractivity contribution in [3.63, 3.8) is 0 Å². The Bertz CT molecular complexity index is 1210. The largest absolute Gasteiger partial charge is 0.490 e. The molecule has 0 aliphatic heterocycles. The van der Waals surface area contributed by atoms with Crippen LogP contribution < -0.4 is 10.6 Å². The highest BCUT2D eigenvalue weighted by Gasteiger charge is 2.38. The second-order valence-corrected chi connectivity index (χ2v) is 7.79. The van der Waals surface area contributed by atoms with Gasteiger partial charge in [0.1, 0.15) is 0 Å². The van der Waals surface area contributed by atoms with E-state index in [1.54, 1.807) is 23.9 Å². The molecule has 176 valence electrons. The van der Waals surface area contributed by atoms with Crippen LogP contribution in [0.15, 0.2) is 84.8 Å². The molecule has 34 heavy (non-hydrogen) atoms. The molecular weight excluding hydrogens is 469 g/mol. The number of amides is 1. The molecule has 11 heteroatoms. The van der Waals surface area contributed by atoms with Gasteiger partial charge in [-0.15, -0.1) is 11.3 Å². The van der Waals surface area contributed by atoms with Crippen LogP contribution in [0.2, 0.25) is 0 Å². The molecule has 2 aromatic heterocycles. The fraction of sp³-hybridized carbons (Fsp3) is 0.0870. The van der Waals surface area contributed by atoms with Gasteiger partial charge < -0.3 is 20.3 Å². The minimum Gasteiger partial charge on any atom is -0.475 e. The Morgan fingerprint density at radius 2 is 1.71 bits per heavy atom. The van der Waals surface area contributed by atoms with Crippen LogP contribution in [-0.2, 0) is 11.3 Å². The summed E-state index contributed by atoms with van der Waals surface area (Å²) in [4.78, 5) is 26.5. The number of anilines is 2. The van der Waals surface area contributed by atoms with Gasteiger partial charge in [-0.05, 0) is 42.5 Å². The number of hydrogen-bond acceptors (Lipinski definition) is 5. The third kappa shape index (κ3) is 7.20. The molecule has 3 N–H and O–H groups in total. The van der Waals surface area contributed by atoms with Gasteiger partial charge in [-0.25, -0.2) is 9.78 Å². The average Bonchev–Trinajstić information content (AvgIpc) is 3.51. The SMILES string of the molecule is O=C(Nc1ccccc1)c1ccc(NCc2cc(-n3ccnc3)cs2)cc1.O=C(O)C(F)(F)F. The molecule has 4 rings (SSSR count). The third-order valence-electron chi connectivity index (χ3n) is 4.33. The van der Waals surface area contributed by atoms with E-state index < -0.39 is 12.1 Å². The van der Waals surface area contributed by atoms with Crippen molar-refractivity contribution in [2.45, 2.75) is 12.7 Å². The predicted molar refractivity (Wildman–Crippen MR) is 123 cm³/mol. The number of carbonyl (C=O) groups is 2. The number of carboxylic acid groups (broad SMARTS) is 1. The first-order chi connectivity index (χ1) is 16.2. The van der Waals surface area contributed by atoms with Gasteiger partial charge in [0.2, 0.25) is 0 Å². The highest BCUT2D eigenvalue weighted by Crippen LogP contribution is 2.20. The molecule has 0 aliphatic rings. The Kier molecular flexibility index (Phi) is 8.04. The number of nitrogens with zero attached hydrogens (tertiary/aromatic N) is 2. The monoisotopic (exact) mass is 488 g/mol. The zero-order valence-electron chi connectivity index (χ0n) is 17.5. The number of carboxylic acids is 1. The van der Waals surface area contributed by atoms with Gasteiger partial charge in [0, 0.05) is 46.1 Å². The molecule has 4 aromatic rings. The number of imidazole rings is 1. The first-order valence-corrected chi connectivity index (χ1v) is 10.7. The first kappa shape index (κ1) is 24.5. The Labute approximate surface area is 196 Å². The summed E-state index contributed by atoms with van der Waals surface area (Å²) in [6, 6.07) is 19.1. The Morgan fingerprint density at radius 3 is 2.29 bits per heavy atom. The van der Waals surface area contributed by atoms with E-state index in [-0.39, 0.29) is 5.91 Å². The molecule has 0 aliphatic carbocycles. The second kappa shape index (κ2) is 11.1. The molecule has 0 bridgehead atoms. The van der Waals surface area contributed by atoms with Crippen molar-refractivity contribution < 1.29 is 27.9 Å². The molecule has 0 saturated heterocycles. The first-order valence-electron chi connectivity index (χ1n) is 9.78. The third-order valence-corrected chi connectivity index (χ3v) is 5.25. The van der Waals surface area contributed by atoms with Gasteiger partial charge in [0.05, 0.1) is 12.0 Å². The summed E-state index contributed by atoms with van der Waals surface area (Å²) in [6.45, 7) is 0.731. The molecule has 1 amide bonds. The Balaban J connectivity index is 0.000000406. The molecular formula is C23H19F3N4O3S. The van der Waals surface area contributed by atoms with Gasteiger partial charge in [-0.3, -0.25) is 4.79 Å². The highest BCUT2D eigenvalue weighted by molar-refractivity contribution is 7.10. The second-order valence-electron chi connectivity index (χ2n) is 6.80. The van der Waals surface area contributed by atoms with Crippen LogP contribution in [-0.4, -0.2) is 32.7 Å². The van der Waals surface area contributed by atoms with Crippen LogP contribution in [0.1, 0.15) is 15.2 Å². The van der Waals surface area contributed by atoms with E-state index in [1.165, 1.54) is 4.88 Å². The minimum absolute atomic E-state index is 0.115. The standard InChI is InChI=1S/C21H18N4OS.C2HF3O2/c26-21(24-18-4-2-1-3-5-18)16-6-8-17(9-7-16)23-13-20-12-19(14-27-20)25-11-10-22-15-25;3-2(4,5)1(6)7/h1-12,14-15,23H,13H2,(H,24,26);(H,6,7). The number of alkyl halides is 3. The van der Waals surface area contributed by atoms with Gasteiger partial charge in [-0.1, -0.05) is 18.2 Å². The van der Waals surface area contributed by atoms with E-state index in [1.807, 2.05) is 65.4 Å². The topological polar surface area (TPSA) is 96.3 Å². The van der Waals surface area contributed by atoms with Crippen molar-refractivity contribution in [1.29, 1.82) is 0 Å². The van der Waals surface area contributed by atoms with E-state index in [0.717, 1.165) is 23.6 Å². The molecule has 0 atom stereocenters. The number of para-hydroxylation sites is 1. The lowest BCUT2D eigenvalue weighted by Crippen LogP contribution is -2.21.